The van der Waals surface area contributed by atoms with Crippen molar-refractivity contribution in [3.8, 4) is 0 Å². The number of aliphatic hydroxyl groups is 1. The van der Waals surface area contributed by atoms with Crippen molar-refractivity contribution in [2.24, 2.45) is 58.2 Å². The molecular weight excluding hydrogens is 384 g/mol. The maximum absolute atomic E-state index is 11.4. The number of ether oxygens (including phenoxy) is 2. The summed E-state index contributed by atoms with van der Waals surface area (Å²) >= 11 is 0. The first-order valence-electron chi connectivity index (χ1n) is 13.7. The van der Waals surface area contributed by atoms with Crippen LogP contribution in [0.1, 0.15) is 92.4 Å². The molecule has 31 heavy (non-hydrogen) atoms. The van der Waals surface area contributed by atoms with Crippen LogP contribution in [0.4, 0.5) is 0 Å². The molecule has 3 heteroatoms. The molecule has 4 aliphatic carbocycles. The Hall–Kier alpha value is -0.120. The van der Waals surface area contributed by atoms with Gasteiger partial charge in [0.25, 0.3) is 0 Å². The second-order valence-electron chi connectivity index (χ2n) is 13.7. The van der Waals surface area contributed by atoms with Gasteiger partial charge in [0.05, 0.1) is 18.8 Å². The van der Waals surface area contributed by atoms with Crippen LogP contribution >= 0.6 is 0 Å². The summed E-state index contributed by atoms with van der Waals surface area (Å²) in [5.41, 5.74) is 0.705. The van der Waals surface area contributed by atoms with E-state index in [4.69, 9.17) is 9.47 Å². The Morgan fingerprint density at radius 1 is 0.774 bits per heavy atom. The van der Waals surface area contributed by atoms with E-state index in [9.17, 15) is 5.11 Å². The SMILES string of the molecule is C[C@@H]1CC[C@@]2(OC1)O[C@H]1C[C@@H]3[C@@H]4C[C@H](O)[C@H]5C[C@@H](C)CC[C@]5(C)[C@H]4CC[C@]3(C)[C@H]1[C@@H]2C. The Morgan fingerprint density at radius 3 is 2.26 bits per heavy atom. The fourth-order valence-electron chi connectivity index (χ4n) is 10.5. The number of hydrogen-bond donors (Lipinski definition) is 1. The van der Waals surface area contributed by atoms with Crippen LogP contribution in [-0.4, -0.2) is 29.7 Å². The van der Waals surface area contributed by atoms with E-state index in [1.807, 2.05) is 0 Å². The van der Waals surface area contributed by atoms with Crippen molar-refractivity contribution in [1.82, 2.24) is 0 Å². The summed E-state index contributed by atoms with van der Waals surface area (Å²) in [4.78, 5) is 0. The zero-order valence-electron chi connectivity index (χ0n) is 20.6. The summed E-state index contributed by atoms with van der Waals surface area (Å²) in [6.45, 7) is 13.2. The minimum absolute atomic E-state index is 0.0929. The molecule has 6 fully saturated rings. The molecule has 0 aromatic carbocycles. The van der Waals surface area contributed by atoms with Gasteiger partial charge in [-0.3, -0.25) is 0 Å². The van der Waals surface area contributed by atoms with E-state index in [1.165, 1.54) is 44.9 Å². The van der Waals surface area contributed by atoms with E-state index in [1.54, 1.807) is 0 Å². The van der Waals surface area contributed by atoms with Gasteiger partial charge in [-0.15, -0.1) is 0 Å². The summed E-state index contributed by atoms with van der Waals surface area (Å²) in [6, 6.07) is 0. The molecule has 6 aliphatic rings. The van der Waals surface area contributed by atoms with Crippen LogP contribution < -0.4 is 0 Å². The highest BCUT2D eigenvalue weighted by Gasteiger charge is 2.69. The molecule has 2 aliphatic heterocycles. The zero-order chi connectivity index (χ0) is 21.8. The second kappa shape index (κ2) is 6.95. The van der Waals surface area contributed by atoms with Gasteiger partial charge < -0.3 is 14.6 Å². The summed E-state index contributed by atoms with van der Waals surface area (Å²) in [5, 5.41) is 11.4. The lowest BCUT2D eigenvalue weighted by atomic mass is 9.43. The molecule has 0 aromatic heterocycles. The molecular formula is C28H46O3. The van der Waals surface area contributed by atoms with Crippen LogP contribution in [0, 0.1) is 58.2 Å². The molecule has 1 spiro atoms. The van der Waals surface area contributed by atoms with Crippen LogP contribution in [0.2, 0.25) is 0 Å². The van der Waals surface area contributed by atoms with Crippen molar-refractivity contribution < 1.29 is 14.6 Å². The van der Waals surface area contributed by atoms with E-state index < -0.39 is 0 Å². The maximum atomic E-state index is 11.4. The highest BCUT2D eigenvalue weighted by molar-refractivity contribution is 5.16. The highest BCUT2D eigenvalue weighted by Crippen LogP contribution is 2.71. The fourth-order valence-corrected chi connectivity index (χ4v) is 10.5. The topological polar surface area (TPSA) is 38.7 Å². The van der Waals surface area contributed by atoms with Gasteiger partial charge in [0.2, 0.25) is 0 Å². The van der Waals surface area contributed by atoms with Crippen molar-refractivity contribution in [1.29, 1.82) is 0 Å². The Bertz CT molecular complexity index is 713. The normalized spacial score (nSPS) is 63.3. The minimum Gasteiger partial charge on any atom is -0.393 e. The third-order valence-corrected chi connectivity index (χ3v) is 12.2. The monoisotopic (exact) mass is 430 g/mol. The van der Waals surface area contributed by atoms with E-state index in [2.05, 4.69) is 34.6 Å². The quantitative estimate of drug-likeness (QED) is 0.509. The van der Waals surface area contributed by atoms with Crippen molar-refractivity contribution in [2.45, 2.75) is 110 Å². The molecule has 176 valence electrons. The summed E-state index contributed by atoms with van der Waals surface area (Å²) in [7, 11) is 0. The third kappa shape index (κ3) is 2.81. The van der Waals surface area contributed by atoms with E-state index in [0.29, 0.717) is 46.5 Å². The van der Waals surface area contributed by atoms with E-state index in [0.717, 1.165) is 37.2 Å². The van der Waals surface area contributed by atoms with E-state index in [-0.39, 0.29) is 11.9 Å². The van der Waals surface area contributed by atoms with E-state index >= 15 is 0 Å². The number of aliphatic hydroxyl groups excluding tert-OH is 1. The average Bonchev–Trinajstić information content (AvgIpc) is 3.17. The summed E-state index contributed by atoms with van der Waals surface area (Å²) < 4.78 is 13.4. The maximum Gasteiger partial charge on any atom is 0.171 e. The predicted molar refractivity (Wildman–Crippen MR) is 122 cm³/mol. The van der Waals surface area contributed by atoms with Crippen molar-refractivity contribution >= 4 is 0 Å². The average molecular weight is 431 g/mol. The van der Waals surface area contributed by atoms with Gasteiger partial charge in [-0.2, -0.15) is 0 Å². The van der Waals surface area contributed by atoms with Gasteiger partial charge in [-0.1, -0.05) is 41.0 Å². The van der Waals surface area contributed by atoms with Gasteiger partial charge >= 0.3 is 0 Å². The molecule has 0 radical (unpaired) electrons. The molecule has 2 heterocycles. The molecule has 0 amide bonds. The van der Waals surface area contributed by atoms with Crippen LogP contribution in [-0.2, 0) is 9.47 Å². The summed E-state index contributed by atoms with van der Waals surface area (Å²) in [5.74, 6) is 4.99. The first-order valence-corrected chi connectivity index (χ1v) is 13.7. The standard InChI is InChI=1S/C28H46O3/c1-16-6-9-26(4)20-8-10-27(5)21(19(20)13-23(29)22(26)12-16)14-24-25(27)18(3)28(31-24)11-7-17(2)15-30-28/h16-25,29H,6-15H2,1-5H3/t16-,17+,18-,19+,20-,21+,22+,23-,24-,25-,26+,27-,28+/m0/s1. The number of fused-ring (bicyclic) bond motifs is 7. The van der Waals surface area contributed by atoms with Gasteiger partial charge in [0, 0.05) is 12.3 Å². The van der Waals surface area contributed by atoms with Crippen molar-refractivity contribution in [3.05, 3.63) is 0 Å². The Labute approximate surface area is 190 Å². The molecule has 0 bridgehead atoms. The first kappa shape index (κ1) is 21.4. The molecule has 0 aromatic rings. The van der Waals surface area contributed by atoms with Gasteiger partial charge in [0.1, 0.15) is 0 Å². The minimum atomic E-state index is -0.310. The van der Waals surface area contributed by atoms with Crippen LogP contribution in [0.15, 0.2) is 0 Å². The van der Waals surface area contributed by atoms with Gasteiger partial charge in [0.15, 0.2) is 5.79 Å². The number of rotatable bonds is 0. The number of hydrogen-bond acceptors (Lipinski definition) is 3. The molecule has 6 rings (SSSR count). The van der Waals surface area contributed by atoms with Gasteiger partial charge in [-0.25, -0.2) is 0 Å². The lowest BCUT2D eigenvalue weighted by Crippen LogP contribution is -2.58. The largest absolute Gasteiger partial charge is 0.393 e. The highest BCUT2D eigenvalue weighted by atomic mass is 16.7. The first-order chi connectivity index (χ1) is 14.7. The predicted octanol–water partition coefficient (Wildman–Crippen LogP) is 6.04. The third-order valence-electron chi connectivity index (χ3n) is 12.2. The van der Waals surface area contributed by atoms with Crippen LogP contribution in [0.25, 0.3) is 0 Å². The lowest BCUT2D eigenvalue weighted by molar-refractivity contribution is -0.273. The Balaban J connectivity index is 1.28. The zero-order valence-corrected chi connectivity index (χ0v) is 20.6. The molecule has 13 atom stereocenters. The molecule has 1 N–H and O–H groups in total. The lowest BCUT2D eigenvalue weighted by Gasteiger charge is -2.62. The Morgan fingerprint density at radius 2 is 1.52 bits per heavy atom. The molecule has 2 saturated heterocycles. The molecule has 4 saturated carbocycles. The second-order valence-corrected chi connectivity index (χ2v) is 13.7. The smallest absolute Gasteiger partial charge is 0.171 e. The van der Waals surface area contributed by atoms with Crippen molar-refractivity contribution in [3.63, 3.8) is 0 Å². The Kier molecular flexibility index (Phi) is 4.80. The van der Waals surface area contributed by atoms with Gasteiger partial charge in [-0.05, 0) is 97.2 Å². The van der Waals surface area contributed by atoms with Crippen LogP contribution in [0.3, 0.4) is 0 Å². The fraction of sp³-hybridized carbons (Fsp3) is 1.00. The van der Waals surface area contributed by atoms with Crippen LogP contribution in [0.5, 0.6) is 0 Å². The summed E-state index contributed by atoms with van der Waals surface area (Å²) in [6.07, 6.45) is 11.5. The van der Waals surface area contributed by atoms with Crippen molar-refractivity contribution in [2.75, 3.05) is 6.61 Å². The molecule has 3 nitrogen and oxygen atoms in total. The molecule has 0 unspecified atom stereocenters.